The zero-order chi connectivity index (χ0) is 48.7. The monoisotopic (exact) mass is 972 g/mol. The summed E-state index contributed by atoms with van der Waals surface area (Å²) in [5.41, 5.74) is 11.7. The largest absolute Gasteiger partial charge is 0.487 e. The van der Waals surface area contributed by atoms with Gasteiger partial charge in [-0.3, -0.25) is 0 Å². The van der Waals surface area contributed by atoms with Crippen molar-refractivity contribution in [3.63, 3.8) is 0 Å². The summed E-state index contributed by atoms with van der Waals surface area (Å²) in [6, 6.07) is 34.9. The Morgan fingerprint density at radius 1 is 0.222 bits per heavy atom. The Hall–Kier alpha value is -6.44. The maximum Gasteiger partial charge on any atom is 0.161 e. The predicted molar refractivity (Wildman–Crippen MR) is 268 cm³/mol. The lowest BCUT2D eigenvalue weighted by molar-refractivity contribution is 0.0636. The molecule has 0 radical (unpaired) electrons. The molecule has 0 spiro atoms. The predicted octanol–water partition coefficient (Wildman–Crippen LogP) is 9.20. The van der Waals surface area contributed by atoms with E-state index >= 15 is 0 Å². The summed E-state index contributed by atoms with van der Waals surface area (Å²) in [6.45, 7) is 14.4. The van der Waals surface area contributed by atoms with Crippen LogP contribution in [0, 0.1) is 0 Å². The maximum atomic E-state index is 6.65. The normalized spacial score (nSPS) is 26.1. The van der Waals surface area contributed by atoms with Crippen LogP contribution in [-0.2, 0) is 40.6 Å². The smallest absolute Gasteiger partial charge is 0.161 e. The Kier molecular flexibility index (Phi) is 11.1. The van der Waals surface area contributed by atoms with Crippen molar-refractivity contribution in [1.82, 2.24) is 0 Å². The molecule has 4 bridgehead atoms. The highest BCUT2D eigenvalue weighted by molar-refractivity contribution is 5.79. The van der Waals surface area contributed by atoms with Gasteiger partial charge >= 0.3 is 0 Å². The van der Waals surface area contributed by atoms with Crippen LogP contribution in [0.2, 0.25) is 0 Å². The van der Waals surface area contributed by atoms with Gasteiger partial charge in [0.25, 0.3) is 0 Å². The second-order valence-corrected chi connectivity index (χ2v) is 20.2. The molecule has 6 aromatic rings. The van der Waals surface area contributed by atoms with Crippen molar-refractivity contribution in [1.29, 1.82) is 0 Å². The molecular formula is C60H60O12. The van der Waals surface area contributed by atoms with Gasteiger partial charge in [0, 0.05) is 21.7 Å². The molecule has 72 heavy (non-hydrogen) atoms. The van der Waals surface area contributed by atoms with E-state index in [0.29, 0.717) is 152 Å². The van der Waals surface area contributed by atoms with Crippen molar-refractivity contribution in [2.24, 2.45) is 0 Å². The SMILES string of the molecule is CC12c3ccccc3C3(C)c4cc5c(cc41)OCCOCCOc1cc4c(cc1OCCOCCO5)C1(C)c5ccccc5C4(C)c4cc5c(cc41)OCCOCCOc1cc3c2cc1OCCOCCO5. The van der Waals surface area contributed by atoms with Gasteiger partial charge in [-0.1, -0.05) is 48.5 Å². The molecular weight excluding hydrogens is 913 g/mol. The summed E-state index contributed by atoms with van der Waals surface area (Å²) in [4.78, 5) is 0. The molecule has 6 aromatic carbocycles. The summed E-state index contributed by atoms with van der Waals surface area (Å²) < 4.78 is 78.2. The van der Waals surface area contributed by atoms with Gasteiger partial charge in [-0.15, -0.1) is 0 Å². The summed E-state index contributed by atoms with van der Waals surface area (Å²) in [7, 11) is 0. The molecule has 0 aromatic heterocycles. The Morgan fingerprint density at radius 3 is 0.528 bits per heavy atom. The lowest BCUT2D eigenvalue weighted by Crippen LogP contribution is -2.48. The minimum atomic E-state index is -0.587. The van der Waals surface area contributed by atoms with E-state index < -0.39 is 21.7 Å². The average molecular weight is 973 g/mol. The summed E-state index contributed by atoms with van der Waals surface area (Å²) in [5, 5.41) is 0. The van der Waals surface area contributed by atoms with Crippen molar-refractivity contribution in [2.75, 3.05) is 106 Å². The molecule has 6 aliphatic carbocycles. The summed E-state index contributed by atoms with van der Waals surface area (Å²) in [5.74, 6) is 5.16. The third kappa shape index (κ3) is 6.78. The lowest BCUT2D eigenvalue weighted by atomic mass is 9.48. The quantitative estimate of drug-likeness (QED) is 0.145. The van der Waals surface area contributed by atoms with Crippen LogP contribution in [0.5, 0.6) is 46.0 Å². The number of benzene rings is 6. The fourth-order valence-corrected chi connectivity index (χ4v) is 13.0. The highest BCUT2D eigenvalue weighted by atomic mass is 16.6. The van der Waals surface area contributed by atoms with E-state index in [0.717, 1.165) is 44.5 Å². The Bertz CT molecular complexity index is 2550. The molecule has 0 amide bonds. The molecule has 0 atom stereocenters. The topological polar surface area (TPSA) is 111 Å². The van der Waals surface area contributed by atoms with Crippen molar-refractivity contribution in [3.8, 4) is 46.0 Å². The number of fused-ring (bicyclic) bond motifs is 4. The standard InChI is InChI=1S/C60H60O12/c1-57-37-9-5-6-10-38(37)58(2)43-31-51-49(29-41(43)57)65-21-13-61-17-25-69-53-33-45-47(35-55(53)71-27-19-63-15-23-67-51)60(4)40-12-8-7-11-39(40)59(45,3)46-34-54-56(36-48(46)60)72-28-20-64-16-24-68-52-32-44(58)42(57)30-50(52)66-22-14-62-18-26-70-54/h5-12,29-36H,13-28H2,1-4H3. The highest BCUT2D eigenvalue weighted by Crippen LogP contribution is 2.66. The van der Waals surface area contributed by atoms with Gasteiger partial charge in [-0.2, -0.15) is 0 Å². The van der Waals surface area contributed by atoms with Gasteiger partial charge in [-0.25, -0.2) is 0 Å². The third-order valence-electron chi connectivity index (χ3n) is 16.5. The van der Waals surface area contributed by atoms with Crippen LogP contribution >= 0.6 is 0 Å². The molecule has 372 valence electrons. The van der Waals surface area contributed by atoms with E-state index in [1.807, 2.05) is 0 Å². The summed E-state index contributed by atoms with van der Waals surface area (Å²) >= 11 is 0. The van der Waals surface area contributed by atoms with E-state index in [9.17, 15) is 0 Å². The molecule has 12 nitrogen and oxygen atoms in total. The lowest BCUT2D eigenvalue weighted by Gasteiger charge is -2.54. The first-order valence-electron chi connectivity index (χ1n) is 25.5. The molecule has 0 saturated heterocycles. The minimum absolute atomic E-state index is 0.304. The van der Waals surface area contributed by atoms with E-state index in [4.69, 9.17) is 56.8 Å². The maximum absolute atomic E-state index is 6.65. The van der Waals surface area contributed by atoms with Crippen LogP contribution < -0.4 is 37.9 Å². The zero-order valence-electron chi connectivity index (χ0n) is 41.5. The molecule has 0 saturated carbocycles. The number of rotatable bonds is 0. The van der Waals surface area contributed by atoms with Gasteiger partial charge in [0.2, 0.25) is 0 Å². The van der Waals surface area contributed by atoms with Crippen LogP contribution in [0.1, 0.15) is 94.5 Å². The Labute approximate surface area is 420 Å². The second-order valence-electron chi connectivity index (χ2n) is 20.2. The first-order valence-corrected chi connectivity index (χ1v) is 25.5. The van der Waals surface area contributed by atoms with Gasteiger partial charge in [0.1, 0.15) is 52.9 Å². The molecule has 0 N–H and O–H groups in total. The van der Waals surface area contributed by atoms with Crippen LogP contribution in [0.4, 0.5) is 0 Å². The minimum Gasteiger partial charge on any atom is -0.487 e. The average Bonchev–Trinajstić information content (AvgIpc) is 3.39. The van der Waals surface area contributed by atoms with Crippen LogP contribution in [-0.4, -0.2) is 106 Å². The Morgan fingerprint density at radius 2 is 0.375 bits per heavy atom. The van der Waals surface area contributed by atoms with Crippen molar-refractivity contribution >= 4 is 0 Å². The Balaban J connectivity index is 0.954. The fraction of sp³-hybridized carbons (Fsp3) is 0.400. The summed E-state index contributed by atoms with van der Waals surface area (Å²) in [6.07, 6.45) is 0. The molecule has 0 unspecified atom stereocenters. The van der Waals surface area contributed by atoms with E-state index in [2.05, 4.69) is 125 Å². The molecule has 0 fully saturated rings. The van der Waals surface area contributed by atoms with Crippen molar-refractivity contribution in [2.45, 2.75) is 49.4 Å². The molecule has 2 heterocycles. The molecule has 2 aliphatic heterocycles. The van der Waals surface area contributed by atoms with Gasteiger partial charge in [0.05, 0.1) is 52.9 Å². The molecule has 14 rings (SSSR count). The first-order chi connectivity index (χ1) is 35.2. The zero-order valence-corrected chi connectivity index (χ0v) is 41.5. The first kappa shape index (κ1) is 45.4. The van der Waals surface area contributed by atoms with Gasteiger partial charge < -0.3 is 56.8 Å². The van der Waals surface area contributed by atoms with Gasteiger partial charge in [-0.05, 0) is 143 Å². The molecule has 8 aliphatic rings. The van der Waals surface area contributed by atoms with Crippen molar-refractivity contribution < 1.29 is 56.8 Å². The third-order valence-corrected chi connectivity index (χ3v) is 16.5. The fourth-order valence-electron chi connectivity index (χ4n) is 13.0. The van der Waals surface area contributed by atoms with Crippen LogP contribution in [0.15, 0.2) is 97.1 Å². The van der Waals surface area contributed by atoms with E-state index in [1.54, 1.807) is 0 Å². The highest BCUT2D eigenvalue weighted by Gasteiger charge is 2.57. The number of ether oxygens (including phenoxy) is 12. The van der Waals surface area contributed by atoms with Crippen LogP contribution in [0.3, 0.4) is 0 Å². The molecule has 12 heteroatoms. The number of hydrogen-bond donors (Lipinski definition) is 0. The van der Waals surface area contributed by atoms with Gasteiger partial charge in [0.15, 0.2) is 46.0 Å². The second kappa shape index (κ2) is 17.7. The van der Waals surface area contributed by atoms with Crippen LogP contribution in [0.25, 0.3) is 0 Å². The van der Waals surface area contributed by atoms with E-state index in [-0.39, 0.29) is 0 Å². The number of hydrogen-bond acceptors (Lipinski definition) is 12. The van der Waals surface area contributed by atoms with E-state index in [1.165, 1.54) is 22.3 Å². The van der Waals surface area contributed by atoms with Crippen molar-refractivity contribution in [3.05, 3.63) is 164 Å².